The molecule has 15 heavy (non-hydrogen) atoms. The fourth-order valence-corrected chi connectivity index (χ4v) is 1.37. The smallest absolute Gasteiger partial charge is 0.332 e. The number of hydrogen-bond donors (Lipinski definition) is 1. The maximum absolute atomic E-state index is 10.9. The van der Waals surface area contributed by atoms with Gasteiger partial charge in [0.1, 0.15) is 5.69 Å². The molecule has 0 spiro atoms. The Labute approximate surface area is 93.7 Å². The van der Waals surface area contributed by atoms with Crippen LogP contribution in [0, 0.1) is 0 Å². The van der Waals surface area contributed by atoms with Gasteiger partial charge in [-0.15, -0.1) is 11.3 Å². The Kier molecular flexibility index (Phi) is 3.75. The van der Waals surface area contributed by atoms with Crippen LogP contribution in [0.4, 0.5) is 5.13 Å². The van der Waals surface area contributed by atoms with Gasteiger partial charge in [-0.2, -0.15) is 0 Å². The van der Waals surface area contributed by atoms with Crippen LogP contribution in [0.5, 0.6) is 0 Å². The van der Waals surface area contributed by atoms with Crippen LogP contribution in [-0.4, -0.2) is 21.9 Å². The van der Waals surface area contributed by atoms with Gasteiger partial charge in [0, 0.05) is 12.3 Å². The Balaban J connectivity index is 2.98. The number of hydrogen-bond acceptors (Lipinski definition) is 7. The highest BCUT2D eigenvalue weighted by atomic mass is 35.5. The standard InChI is InChI=1S/C7H6ClN3O3S/c1-3(12)14-11-5(6(8)13)4-2-15-7(9)10-4/h2H,1H3,(H2,9,10)/b11-5-. The van der Waals surface area contributed by atoms with Crippen LogP contribution in [0.3, 0.4) is 0 Å². The van der Waals surface area contributed by atoms with Crippen molar-refractivity contribution in [1.82, 2.24) is 4.98 Å². The largest absolute Gasteiger partial charge is 0.375 e. The number of carbonyl (C=O) groups excluding carboxylic acids is 2. The number of nitrogen functional groups attached to an aromatic ring is 1. The Morgan fingerprint density at radius 1 is 1.67 bits per heavy atom. The van der Waals surface area contributed by atoms with E-state index in [1.165, 1.54) is 5.38 Å². The SMILES string of the molecule is CC(=O)O/N=C(\C(=O)Cl)c1csc(N)n1. The minimum atomic E-state index is -0.874. The zero-order chi connectivity index (χ0) is 11.4. The number of rotatable bonds is 3. The topological polar surface area (TPSA) is 94.6 Å². The van der Waals surface area contributed by atoms with Crippen molar-refractivity contribution in [2.24, 2.45) is 5.16 Å². The van der Waals surface area contributed by atoms with Gasteiger partial charge in [0.25, 0.3) is 5.24 Å². The van der Waals surface area contributed by atoms with Crippen molar-refractivity contribution in [3.63, 3.8) is 0 Å². The summed E-state index contributed by atoms with van der Waals surface area (Å²) in [5, 5.41) is 4.15. The second-order valence-electron chi connectivity index (χ2n) is 2.37. The van der Waals surface area contributed by atoms with E-state index < -0.39 is 11.2 Å². The average molecular weight is 248 g/mol. The van der Waals surface area contributed by atoms with Crippen LogP contribution in [0.15, 0.2) is 10.5 Å². The Bertz CT molecular complexity index is 429. The van der Waals surface area contributed by atoms with Crippen molar-refractivity contribution in [3.05, 3.63) is 11.1 Å². The van der Waals surface area contributed by atoms with E-state index in [2.05, 4.69) is 15.0 Å². The monoisotopic (exact) mass is 247 g/mol. The summed E-state index contributed by atoms with van der Waals surface area (Å²) in [4.78, 5) is 29.5. The molecule has 0 aliphatic rings. The van der Waals surface area contributed by atoms with E-state index >= 15 is 0 Å². The first-order valence-corrected chi connectivity index (χ1v) is 4.93. The van der Waals surface area contributed by atoms with Crippen molar-refractivity contribution >= 4 is 45.0 Å². The zero-order valence-electron chi connectivity index (χ0n) is 7.56. The van der Waals surface area contributed by atoms with E-state index in [1.54, 1.807) is 0 Å². The lowest BCUT2D eigenvalue weighted by molar-refractivity contribution is -0.140. The number of nitrogens with two attached hydrogens (primary N) is 1. The predicted molar refractivity (Wildman–Crippen MR) is 55.7 cm³/mol. The van der Waals surface area contributed by atoms with Gasteiger partial charge >= 0.3 is 5.97 Å². The van der Waals surface area contributed by atoms with E-state index in [-0.39, 0.29) is 16.5 Å². The van der Waals surface area contributed by atoms with Crippen LogP contribution in [0.2, 0.25) is 0 Å². The second-order valence-corrected chi connectivity index (χ2v) is 3.60. The molecule has 0 unspecified atom stereocenters. The Morgan fingerprint density at radius 3 is 2.73 bits per heavy atom. The van der Waals surface area contributed by atoms with Crippen LogP contribution >= 0.6 is 22.9 Å². The summed E-state index contributed by atoms with van der Waals surface area (Å²) in [5.41, 5.74) is 5.29. The molecule has 80 valence electrons. The quantitative estimate of drug-likeness (QED) is 0.368. The molecule has 1 aromatic rings. The van der Waals surface area contributed by atoms with Gasteiger partial charge in [-0.3, -0.25) is 4.79 Å². The van der Waals surface area contributed by atoms with Crippen LogP contribution in [-0.2, 0) is 14.4 Å². The summed E-state index contributed by atoms with van der Waals surface area (Å²) < 4.78 is 0. The number of thiazole rings is 1. The molecule has 0 bridgehead atoms. The number of carbonyl (C=O) groups is 2. The minimum Gasteiger partial charge on any atom is -0.375 e. The second kappa shape index (κ2) is 4.85. The Hall–Kier alpha value is -1.47. The number of halogens is 1. The molecule has 2 N–H and O–H groups in total. The van der Waals surface area contributed by atoms with Gasteiger partial charge in [0.15, 0.2) is 10.8 Å². The van der Waals surface area contributed by atoms with Crippen LogP contribution in [0.25, 0.3) is 0 Å². The highest BCUT2D eigenvalue weighted by Crippen LogP contribution is 2.13. The Morgan fingerprint density at radius 2 is 2.33 bits per heavy atom. The molecule has 0 aliphatic heterocycles. The maximum atomic E-state index is 10.9. The summed E-state index contributed by atoms with van der Waals surface area (Å²) >= 11 is 6.35. The van der Waals surface area contributed by atoms with E-state index in [1.807, 2.05) is 0 Å². The number of aromatic nitrogens is 1. The van der Waals surface area contributed by atoms with Crippen molar-refractivity contribution in [2.75, 3.05) is 5.73 Å². The molecule has 0 aromatic carbocycles. The first kappa shape index (κ1) is 11.6. The van der Waals surface area contributed by atoms with Gasteiger partial charge in [-0.05, 0) is 11.6 Å². The lowest BCUT2D eigenvalue weighted by Gasteiger charge is -1.95. The van der Waals surface area contributed by atoms with Gasteiger partial charge in [-0.1, -0.05) is 5.16 Å². The third-order valence-electron chi connectivity index (χ3n) is 1.22. The van der Waals surface area contributed by atoms with Crippen LogP contribution < -0.4 is 5.73 Å². The summed E-state index contributed by atoms with van der Waals surface area (Å²) in [6.07, 6.45) is 0. The highest BCUT2D eigenvalue weighted by Gasteiger charge is 2.16. The van der Waals surface area contributed by atoms with Crippen LogP contribution in [0.1, 0.15) is 12.6 Å². The van der Waals surface area contributed by atoms with Crippen molar-refractivity contribution in [2.45, 2.75) is 6.92 Å². The lowest BCUT2D eigenvalue weighted by atomic mass is 10.3. The molecule has 0 radical (unpaired) electrons. The number of oxime groups is 1. The molecule has 8 heteroatoms. The average Bonchev–Trinajstić information content (AvgIpc) is 2.51. The normalized spacial score (nSPS) is 11.2. The van der Waals surface area contributed by atoms with Crippen molar-refractivity contribution in [3.8, 4) is 0 Å². The van der Waals surface area contributed by atoms with E-state index in [0.717, 1.165) is 18.3 Å². The number of anilines is 1. The summed E-state index contributed by atoms with van der Waals surface area (Å²) in [6, 6.07) is 0. The van der Waals surface area contributed by atoms with Gasteiger partial charge < -0.3 is 10.6 Å². The molecule has 0 atom stereocenters. The molecular weight excluding hydrogens is 242 g/mol. The van der Waals surface area contributed by atoms with E-state index in [4.69, 9.17) is 17.3 Å². The third kappa shape index (κ3) is 3.30. The molecule has 6 nitrogen and oxygen atoms in total. The maximum Gasteiger partial charge on any atom is 0.332 e. The molecule has 1 heterocycles. The summed E-state index contributed by atoms with van der Waals surface area (Å²) in [5.74, 6) is -0.659. The molecule has 0 amide bonds. The fourth-order valence-electron chi connectivity index (χ4n) is 0.690. The van der Waals surface area contributed by atoms with E-state index in [9.17, 15) is 9.59 Å². The van der Waals surface area contributed by atoms with E-state index in [0.29, 0.717) is 0 Å². The molecule has 0 saturated carbocycles. The van der Waals surface area contributed by atoms with Gasteiger partial charge in [0.2, 0.25) is 0 Å². The predicted octanol–water partition coefficient (Wildman–Crippen LogP) is 0.758. The first-order chi connectivity index (χ1) is 7.00. The minimum absolute atomic E-state index is 0.179. The molecular formula is C7H6ClN3O3S. The zero-order valence-corrected chi connectivity index (χ0v) is 9.13. The summed E-state index contributed by atoms with van der Waals surface area (Å²) in [7, 11) is 0. The fraction of sp³-hybridized carbons (Fsp3) is 0.143. The van der Waals surface area contributed by atoms with Gasteiger partial charge in [-0.25, -0.2) is 9.78 Å². The van der Waals surface area contributed by atoms with Crippen molar-refractivity contribution in [1.29, 1.82) is 0 Å². The summed E-state index contributed by atoms with van der Waals surface area (Å²) in [6.45, 7) is 1.15. The third-order valence-corrected chi connectivity index (χ3v) is 2.07. The molecule has 0 saturated heterocycles. The molecule has 1 rings (SSSR count). The lowest BCUT2D eigenvalue weighted by Crippen LogP contribution is -2.11. The molecule has 1 aromatic heterocycles. The van der Waals surface area contributed by atoms with Crippen molar-refractivity contribution < 1.29 is 14.4 Å². The highest BCUT2D eigenvalue weighted by molar-refractivity contribution is 7.13. The molecule has 0 fully saturated rings. The molecule has 0 aliphatic carbocycles. The van der Waals surface area contributed by atoms with Gasteiger partial charge in [0.05, 0.1) is 0 Å². The first-order valence-electron chi connectivity index (χ1n) is 3.67. The number of nitrogens with zero attached hydrogens (tertiary/aromatic N) is 2.